The fraction of sp³-hybridized carbons (Fsp3) is 0.769. The van der Waals surface area contributed by atoms with E-state index in [1.165, 1.54) is 0 Å². The normalized spacial score (nSPS) is 22.4. The maximum absolute atomic E-state index is 11.2. The predicted molar refractivity (Wildman–Crippen MR) is 76.0 cm³/mol. The second-order valence-electron chi connectivity index (χ2n) is 5.58. The quantitative estimate of drug-likeness (QED) is 0.663. The molecule has 2 heterocycles. The van der Waals surface area contributed by atoms with E-state index in [2.05, 4.69) is 10.4 Å². The number of nitrogens with zero attached hydrogens (tertiary/aromatic N) is 3. The molecule has 7 heteroatoms. The minimum absolute atomic E-state index is 0.0714. The molecule has 0 spiro atoms. The molecule has 1 aliphatic rings. The van der Waals surface area contributed by atoms with Gasteiger partial charge in [0.25, 0.3) is 0 Å². The van der Waals surface area contributed by atoms with Crippen LogP contribution < -0.4 is 5.32 Å². The number of ether oxygens (including phenoxy) is 1. The summed E-state index contributed by atoms with van der Waals surface area (Å²) in [6, 6.07) is 0.0714. The Balaban J connectivity index is 2.22. The molecule has 0 radical (unpaired) electrons. The Kier molecular flexibility index (Phi) is 4.27. The monoisotopic (exact) mass is 282 g/mol. The SMILES string of the molecule is Cc1nn(C(C)C)c(NCC2CCOC2C)c1[N+](=O)[O-]. The van der Waals surface area contributed by atoms with E-state index in [1.54, 1.807) is 11.6 Å². The average molecular weight is 282 g/mol. The molecule has 20 heavy (non-hydrogen) atoms. The molecule has 2 rings (SSSR count). The van der Waals surface area contributed by atoms with E-state index in [0.29, 0.717) is 24.0 Å². The van der Waals surface area contributed by atoms with Gasteiger partial charge in [0.2, 0.25) is 5.82 Å². The van der Waals surface area contributed by atoms with Crippen LogP contribution in [0.2, 0.25) is 0 Å². The van der Waals surface area contributed by atoms with Crippen LogP contribution in [-0.4, -0.2) is 34.0 Å². The molecule has 0 aromatic carbocycles. The van der Waals surface area contributed by atoms with Gasteiger partial charge >= 0.3 is 5.69 Å². The number of anilines is 1. The van der Waals surface area contributed by atoms with Crippen LogP contribution in [0.4, 0.5) is 11.5 Å². The highest BCUT2D eigenvalue weighted by molar-refractivity contribution is 5.59. The van der Waals surface area contributed by atoms with Crippen LogP contribution in [0.1, 0.15) is 38.9 Å². The van der Waals surface area contributed by atoms with E-state index in [9.17, 15) is 10.1 Å². The number of hydrogen-bond donors (Lipinski definition) is 1. The van der Waals surface area contributed by atoms with E-state index < -0.39 is 0 Å². The van der Waals surface area contributed by atoms with Crippen molar-refractivity contribution in [2.45, 2.75) is 46.3 Å². The lowest BCUT2D eigenvalue weighted by atomic mass is 10.0. The molecule has 1 fully saturated rings. The van der Waals surface area contributed by atoms with E-state index >= 15 is 0 Å². The molecular formula is C13H22N4O3. The summed E-state index contributed by atoms with van der Waals surface area (Å²) < 4.78 is 7.21. The molecule has 1 saturated heterocycles. The minimum atomic E-state index is -0.363. The molecule has 1 aliphatic heterocycles. The molecule has 2 atom stereocenters. The first-order valence-corrected chi connectivity index (χ1v) is 7.00. The van der Waals surface area contributed by atoms with E-state index in [4.69, 9.17) is 4.74 Å². The zero-order valence-corrected chi connectivity index (χ0v) is 12.4. The topological polar surface area (TPSA) is 82.2 Å². The van der Waals surface area contributed by atoms with Crippen molar-refractivity contribution < 1.29 is 9.66 Å². The van der Waals surface area contributed by atoms with E-state index in [0.717, 1.165) is 13.0 Å². The van der Waals surface area contributed by atoms with Gasteiger partial charge in [0.05, 0.1) is 11.0 Å². The maximum atomic E-state index is 11.2. The van der Waals surface area contributed by atoms with Crippen LogP contribution in [0, 0.1) is 23.0 Å². The minimum Gasteiger partial charge on any atom is -0.378 e. The van der Waals surface area contributed by atoms with Crippen LogP contribution >= 0.6 is 0 Å². The van der Waals surface area contributed by atoms with Crippen LogP contribution in [0.25, 0.3) is 0 Å². The smallest absolute Gasteiger partial charge is 0.333 e. The number of aromatic nitrogens is 2. The lowest BCUT2D eigenvalue weighted by Crippen LogP contribution is -2.22. The first-order chi connectivity index (χ1) is 9.41. The zero-order valence-electron chi connectivity index (χ0n) is 12.4. The van der Waals surface area contributed by atoms with Crippen molar-refractivity contribution in [3.63, 3.8) is 0 Å². The average Bonchev–Trinajstić information content (AvgIpc) is 2.90. The second kappa shape index (κ2) is 5.78. The van der Waals surface area contributed by atoms with Gasteiger partial charge in [-0.1, -0.05) is 0 Å². The van der Waals surface area contributed by atoms with E-state index in [-0.39, 0.29) is 22.8 Å². The van der Waals surface area contributed by atoms with Gasteiger partial charge < -0.3 is 10.1 Å². The van der Waals surface area contributed by atoms with Crippen molar-refractivity contribution >= 4 is 11.5 Å². The Bertz CT molecular complexity index is 498. The van der Waals surface area contributed by atoms with Crippen LogP contribution in [0.15, 0.2) is 0 Å². The Hall–Kier alpha value is -1.63. The Morgan fingerprint density at radius 3 is 2.80 bits per heavy atom. The number of hydrogen-bond acceptors (Lipinski definition) is 5. The fourth-order valence-corrected chi connectivity index (χ4v) is 2.57. The zero-order chi connectivity index (χ0) is 14.9. The lowest BCUT2D eigenvalue weighted by Gasteiger charge is -2.17. The van der Waals surface area contributed by atoms with Gasteiger partial charge in [-0.15, -0.1) is 0 Å². The molecule has 1 aromatic rings. The molecule has 112 valence electrons. The summed E-state index contributed by atoms with van der Waals surface area (Å²) in [6.07, 6.45) is 1.18. The van der Waals surface area contributed by atoms with Crippen molar-refractivity contribution in [2.24, 2.45) is 5.92 Å². The fourth-order valence-electron chi connectivity index (χ4n) is 2.57. The van der Waals surface area contributed by atoms with Crippen molar-refractivity contribution in [3.05, 3.63) is 15.8 Å². The van der Waals surface area contributed by atoms with E-state index in [1.807, 2.05) is 20.8 Å². The predicted octanol–water partition coefficient (Wildman–Crippen LogP) is 2.52. The summed E-state index contributed by atoms with van der Waals surface area (Å²) in [5.74, 6) is 0.882. The summed E-state index contributed by atoms with van der Waals surface area (Å²) in [4.78, 5) is 10.9. The van der Waals surface area contributed by atoms with Gasteiger partial charge in [0, 0.05) is 25.1 Å². The maximum Gasteiger partial charge on any atom is 0.333 e. The highest BCUT2D eigenvalue weighted by atomic mass is 16.6. The molecule has 1 N–H and O–H groups in total. The standard InChI is InChI=1S/C13H22N4O3/c1-8(2)16-13(12(17(18)19)9(3)15-16)14-7-11-5-6-20-10(11)4/h8,10-11,14H,5-7H2,1-4H3. The summed E-state index contributed by atoms with van der Waals surface area (Å²) in [5, 5.41) is 18.7. The van der Waals surface area contributed by atoms with Gasteiger partial charge in [-0.05, 0) is 34.1 Å². The first kappa shape index (κ1) is 14.8. The summed E-state index contributed by atoms with van der Waals surface area (Å²) in [7, 11) is 0. The second-order valence-corrected chi connectivity index (χ2v) is 5.58. The molecule has 0 aliphatic carbocycles. The van der Waals surface area contributed by atoms with Gasteiger partial charge in [0.1, 0.15) is 5.69 Å². The van der Waals surface area contributed by atoms with Crippen LogP contribution in [-0.2, 0) is 4.74 Å². The number of rotatable bonds is 5. The van der Waals surface area contributed by atoms with Gasteiger partial charge in [-0.3, -0.25) is 10.1 Å². The largest absolute Gasteiger partial charge is 0.378 e. The number of nitro groups is 1. The van der Waals surface area contributed by atoms with Gasteiger partial charge in [-0.25, -0.2) is 4.68 Å². The summed E-state index contributed by atoms with van der Waals surface area (Å²) in [5.41, 5.74) is 0.521. The van der Waals surface area contributed by atoms with Crippen molar-refractivity contribution in [1.82, 2.24) is 9.78 Å². The molecule has 0 bridgehead atoms. The molecule has 0 saturated carbocycles. The van der Waals surface area contributed by atoms with Crippen LogP contribution in [0.3, 0.4) is 0 Å². The molecular weight excluding hydrogens is 260 g/mol. The number of aryl methyl sites for hydroxylation is 1. The lowest BCUT2D eigenvalue weighted by molar-refractivity contribution is -0.384. The molecule has 2 unspecified atom stereocenters. The third-order valence-corrected chi connectivity index (χ3v) is 3.79. The Morgan fingerprint density at radius 1 is 1.60 bits per heavy atom. The van der Waals surface area contributed by atoms with Crippen molar-refractivity contribution in [3.8, 4) is 0 Å². The number of nitrogens with one attached hydrogen (secondary N) is 1. The first-order valence-electron chi connectivity index (χ1n) is 7.00. The highest BCUT2D eigenvalue weighted by Gasteiger charge is 2.29. The summed E-state index contributed by atoms with van der Waals surface area (Å²) in [6.45, 7) is 9.06. The van der Waals surface area contributed by atoms with Gasteiger partial charge in [0.15, 0.2) is 0 Å². The van der Waals surface area contributed by atoms with Crippen molar-refractivity contribution in [1.29, 1.82) is 0 Å². The summed E-state index contributed by atoms with van der Waals surface area (Å²) >= 11 is 0. The van der Waals surface area contributed by atoms with Gasteiger partial charge in [-0.2, -0.15) is 5.10 Å². The van der Waals surface area contributed by atoms with Crippen molar-refractivity contribution in [2.75, 3.05) is 18.5 Å². The Labute approximate surface area is 118 Å². The molecule has 1 aromatic heterocycles. The molecule has 7 nitrogen and oxygen atoms in total. The third kappa shape index (κ3) is 2.77. The highest BCUT2D eigenvalue weighted by Crippen LogP contribution is 2.31. The molecule has 0 amide bonds. The Morgan fingerprint density at radius 2 is 2.30 bits per heavy atom. The van der Waals surface area contributed by atoms with Crippen LogP contribution in [0.5, 0.6) is 0 Å². The third-order valence-electron chi connectivity index (χ3n) is 3.79.